The van der Waals surface area contributed by atoms with Crippen molar-refractivity contribution in [1.29, 1.82) is 0 Å². The van der Waals surface area contributed by atoms with Gasteiger partial charge in [-0.2, -0.15) is 0 Å². The summed E-state index contributed by atoms with van der Waals surface area (Å²) >= 11 is 0. The third-order valence-corrected chi connectivity index (χ3v) is 3.48. The van der Waals surface area contributed by atoms with E-state index in [4.69, 9.17) is 4.74 Å². The standard InChI is InChI=1S/C14H19NO2.ClH/c1-3-17-13(16)14(9-12(14)10-15-2)11-7-5-4-6-8-11;/h4-8,12,15H,3,9-10H2,1-2H3;1H. The van der Waals surface area contributed by atoms with E-state index < -0.39 is 5.41 Å². The van der Waals surface area contributed by atoms with Crippen LogP contribution in [0.3, 0.4) is 0 Å². The second-order valence-corrected chi connectivity index (χ2v) is 4.52. The fourth-order valence-electron chi connectivity index (χ4n) is 2.54. The van der Waals surface area contributed by atoms with Gasteiger partial charge in [0.25, 0.3) is 0 Å². The molecular weight excluding hydrogens is 250 g/mol. The van der Waals surface area contributed by atoms with Crippen molar-refractivity contribution >= 4 is 18.4 Å². The summed E-state index contributed by atoms with van der Waals surface area (Å²) in [5.74, 6) is 0.278. The van der Waals surface area contributed by atoms with Crippen LogP contribution in [0.4, 0.5) is 0 Å². The number of carbonyl (C=O) groups is 1. The molecule has 2 atom stereocenters. The number of hydrogen-bond acceptors (Lipinski definition) is 3. The first-order chi connectivity index (χ1) is 8.25. The Morgan fingerprint density at radius 2 is 2.11 bits per heavy atom. The van der Waals surface area contributed by atoms with Crippen molar-refractivity contribution in [2.24, 2.45) is 5.92 Å². The summed E-state index contributed by atoms with van der Waals surface area (Å²) in [7, 11) is 1.92. The summed E-state index contributed by atoms with van der Waals surface area (Å²) < 4.78 is 5.23. The monoisotopic (exact) mass is 269 g/mol. The van der Waals surface area contributed by atoms with Gasteiger partial charge in [0.1, 0.15) is 0 Å². The average molecular weight is 270 g/mol. The van der Waals surface area contributed by atoms with Crippen LogP contribution in [0, 0.1) is 5.92 Å². The highest BCUT2D eigenvalue weighted by molar-refractivity contribution is 5.87. The molecule has 0 heterocycles. The SMILES string of the molecule is CCOC(=O)C1(c2ccccc2)CC1CNC.Cl. The predicted octanol–water partition coefficient (Wildman–Crippen LogP) is 2.15. The third kappa shape index (κ3) is 2.52. The van der Waals surface area contributed by atoms with Gasteiger partial charge in [-0.05, 0) is 38.4 Å². The van der Waals surface area contributed by atoms with Crippen molar-refractivity contribution in [1.82, 2.24) is 5.32 Å². The Bertz CT molecular complexity index is 396. The normalized spacial score (nSPS) is 25.1. The fourth-order valence-corrected chi connectivity index (χ4v) is 2.54. The first-order valence-corrected chi connectivity index (χ1v) is 6.13. The Morgan fingerprint density at radius 3 is 2.67 bits per heavy atom. The van der Waals surface area contributed by atoms with E-state index in [1.807, 2.05) is 44.3 Å². The van der Waals surface area contributed by atoms with Gasteiger partial charge in [-0.1, -0.05) is 30.3 Å². The van der Waals surface area contributed by atoms with Gasteiger partial charge in [-0.25, -0.2) is 0 Å². The molecule has 18 heavy (non-hydrogen) atoms. The van der Waals surface area contributed by atoms with Crippen molar-refractivity contribution in [3.05, 3.63) is 35.9 Å². The molecule has 1 N–H and O–H groups in total. The second kappa shape index (κ2) is 6.21. The van der Waals surface area contributed by atoms with E-state index in [9.17, 15) is 4.79 Å². The maximum absolute atomic E-state index is 12.2. The predicted molar refractivity (Wildman–Crippen MR) is 74.0 cm³/mol. The lowest BCUT2D eigenvalue weighted by molar-refractivity contribution is -0.146. The number of esters is 1. The number of nitrogens with one attached hydrogen (secondary N) is 1. The molecular formula is C14H20ClNO2. The van der Waals surface area contributed by atoms with E-state index in [1.165, 1.54) is 0 Å². The number of hydrogen-bond donors (Lipinski definition) is 1. The Hall–Kier alpha value is -1.06. The molecule has 1 aliphatic rings. The summed E-state index contributed by atoms with van der Waals surface area (Å²) in [4.78, 5) is 12.2. The van der Waals surface area contributed by atoms with Crippen LogP contribution in [-0.2, 0) is 14.9 Å². The molecule has 0 spiro atoms. The maximum atomic E-state index is 12.2. The number of carbonyl (C=O) groups excluding carboxylic acids is 1. The van der Waals surface area contributed by atoms with Gasteiger partial charge in [0.15, 0.2) is 0 Å². The summed E-state index contributed by atoms with van der Waals surface area (Å²) in [5, 5.41) is 3.14. The summed E-state index contributed by atoms with van der Waals surface area (Å²) in [6.45, 7) is 3.15. The number of halogens is 1. The molecule has 100 valence electrons. The molecule has 0 radical (unpaired) electrons. The molecule has 0 aliphatic heterocycles. The average Bonchev–Trinajstić information content (AvgIpc) is 3.07. The molecule has 3 nitrogen and oxygen atoms in total. The van der Waals surface area contributed by atoms with Crippen molar-refractivity contribution < 1.29 is 9.53 Å². The van der Waals surface area contributed by atoms with Crippen LogP contribution in [0.5, 0.6) is 0 Å². The third-order valence-electron chi connectivity index (χ3n) is 3.48. The van der Waals surface area contributed by atoms with Gasteiger partial charge in [-0.3, -0.25) is 4.79 Å². The highest BCUT2D eigenvalue weighted by Gasteiger charge is 2.61. The second-order valence-electron chi connectivity index (χ2n) is 4.52. The van der Waals surface area contributed by atoms with Crippen LogP contribution in [-0.4, -0.2) is 26.2 Å². The zero-order valence-corrected chi connectivity index (χ0v) is 11.6. The molecule has 0 aromatic heterocycles. The molecule has 2 unspecified atom stereocenters. The lowest BCUT2D eigenvalue weighted by atomic mass is 9.93. The van der Waals surface area contributed by atoms with Crippen LogP contribution < -0.4 is 5.32 Å². The molecule has 1 aromatic carbocycles. The Morgan fingerprint density at radius 1 is 1.44 bits per heavy atom. The molecule has 0 amide bonds. The minimum Gasteiger partial charge on any atom is -0.465 e. The van der Waals surface area contributed by atoms with E-state index in [0.717, 1.165) is 18.5 Å². The molecule has 1 fully saturated rings. The molecule has 1 saturated carbocycles. The van der Waals surface area contributed by atoms with E-state index in [2.05, 4.69) is 5.32 Å². The lowest BCUT2D eigenvalue weighted by Gasteiger charge is -2.16. The van der Waals surface area contributed by atoms with Gasteiger partial charge in [0.05, 0.1) is 12.0 Å². The smallest absolute Gasteiger partial charge is 0.316 e. The first kappa shape index (κ1) is 15.0. The number of benzene rings is 1. The van der Waals surface area contributed by atoms with Crippen LogP contribution in [0.2, 0.25) is 0 Å². The van der Waals surface area contributed by atoms with Crippen molar-refractivity contribution in [2.45, 2.75) is 18.8 Å². The molecule has 2 rings (SSSR count). The summed E-state index contributed by atoms with van der Waals surface area (Å²) in [6.07, 6.45) is 0.886. The van der Waals surface area contributed by atoms with E-state index in [-0.39, 0.29) is 18.4 Å². The maximum Gasteiger partial charge on any atom is 0.316 e. The Labute approximate surface area is 114 Å². The number of rotatable bonds is 5. The molecule has 0 bridgehead atoms. The fraction of sp³-hybridized carbons (Fsp3) is 0.500. The van der Waals surface area contributed by atoms with Gasteiger partial charge >= 0.3 is 5.97 Å². The quantitative estimate of drug-likeness (QED) is 0.833. The molecule has 0 saturated heterocycles. The van der Waals surface area contributed by atoms with Crippen LogP contribution in [0.1, 0.15) is 18.9 Å². The molecule has 1 aromatic rings. The Kier molecular flexibility index (Phi) is 5.17. The van der Waals surface area contributed by atoms with Crippen molar-refractivity contribution in [2.75, 3.05) is 20.2 Å². The van der Waals surface area contributed by atoms with Crippen LogP contribution in [0.15, 0.2) is 30.3 Å². The summed E-state index contributed by atoms with van der Waals surface area (Å²) in [5.41, 5.74) is 0.680. The van der Waals surface area contributed by atoms with Crippen LogP contribution >= 0.6 is 12.4 Å². The largest absolute Gasteiger partial charge is 0.465 e. The zero-order chi connectivity index (χ0) is 12.3. The van der Waals surface area contributed by atoms with Gasteiger partial charge in [-0.15, -0.1) is 12.4 Å². The van der Waals surface area contributed by atoms with E-state index in [0.29, 0.717) is 12.5 Å². The van der Waals surface area contributed by atoms with Gasteiger partial charge in [0.2, 0.25) is 0 Å². The van der Waals surface area contributed by atoms with E-state index >= 15 is 0 Å². The first-order valence-electron chi connectivity index (χ1n) is 6.13. The van der Waals surface area contributed by atoms with Crippen molar-refractivity contribution in [3.8, 4) is 0 Å². The minimum atomic E-state index is -0.402. The van der Waals surface area contributed by atoms with E-state index in [1.54, 1.807) is 0 Å². The Balaban J connectivity index is 0.00000162. The van der Waals surface area contributed by atoms with Gasteiger partial charge in [0, 0.05) is 0 Å². The van der Waals surface area contributed by atoms with Crippen molar-refractivity contribution in [3.63, 3.8) is 0 Å². The molecule has 1 aliphatic carbocycles. The topological polar surface area (TPSA) is 38.3 Å². The number of ether oxygens (including phenoxy) is 1. The van der Waals surface area contributed by atoms with Crippen LogP contribution in [0.25, 0.3) is 0 Å². The zero-order valence-electron chi connectivity index (χ0n) is 10.8. The van der Waals surface area contributed by atoms with Gasteiger partial charge < -0.3 is 10.1 Å². The molecule has 4 heteroatoms. The minimum absolute atomic E-state index is 0. The lowest BCUT2D eigenvalue weighted by Crippen LogP contribution is -2.28. The summed E-state index contributed by atoms with van der Waals surface area (Å²) in [6, 6.07) is 9.97. The highest BCUT2D eigenvalue weighted by atomic mass is 35.5. The highest BCUT2D eigenvalue weighted by Crippen LogP contribution is 2.54.